The van der Waals surface area contributed by atoms with Crippen LogP contribution in [-0.2, 0) is 7.05 Å². The normalized spacial score (nSPS) is 43.8. The fourth-order valence-corrected chi connectivity index (χ4v) is 3.82. The predicted molar refractivity (Wildman–Crippen MR) is 61.9 cm³/mol. The zero-order chi connectivity index (χ0) is 10.6. The molecule has 0 N–H and O–H groups in total. The maximum absolute atomic E-state index is 2.65. The molecular formula is C13H20N2. The predicted octanol–water partition coefficient (Wildman–Crippen LogP) is 2.22. The molecule has 0 amide bonds. The Hall–Kier alpha value is -0.760. The van der Waals surface area contributed by atoms with E-state index < -0.39 is 0 Å². The molecule has 2 nitrogen and oxygen atoms in total. The number of fused-ring (bicyclic) bond motifs is 2. The first kappa shape index (κ1) is 9.46. The van der Waals surface area contributed by atoms with E-state index in [2.05, 4.69) is 48.7 Å². The first-order chi connectivity index (χ1) is 7.12. The Balaban J connectivity index is 2.03. The molecule has 1 aromatic rings. The van der Waals surface area contributed by atoms with Gasteiger partial charge >= 0.3 is 0 Å². The lowest BCUT2D eigenvalue weighted by atomic mass is 9.73. The number of rotatable bonds is 1. The molecule has 2 bridgehead atoms. The van der Waals surface area contributed by atoms with E-state index >= 15 is 0 Å². The van der Waals surface area contributed by atoms with Crippen molar-refractivity contribution in [1.82, 2.24) is 9.47 Å². The van der Waals surface area contributed by atoms with Crippen molar-refractivity contribution in [2.45, 2.75) is 32.2 Å². The SMILES string of the molecule is CC1C(c2cccn2C)C2(C)CCN1C2. The van der Waals surface area contributed by atoms with Gasteiger partial charge in [-0.3, -0.25) is 4.90 Å². The maximum atomic E-state index is 2.65. The molecule has 2 fully saturated rings. The minimum absolute atomic E-state index is 0.519. The molecule has 0 spiro atoms. The first-order valence-electron chi connectivity index (χ1n) is 5.97. The van der Waals surface area contributed by atoms with Crippen LogP contribution in [-0.4, -0.2) is 28.6 Å². The van der Waals surface area contributed by atoms with E-state index in [4.69, 9.17) is 0 Å². The van der Waals surface area contributed by atoms with Gasteiger partial charge in [-0.25, -0.2) is 0 Å². The van der Waals surface area contributed by atoms with Crippen LogP contribution in [0.2, 0.25) is 0 Å². The molecule has 0 radical (unpaired) electrons. The minimum Gasteiger partial charge on any atom is -0.354 e. The molecule has 1 aromatic heterocycles. The van der Waals surface area contributed by atoms with Crippen LogP contribution in [0.3, 0.4) is 0 Å². The largest absolute Gasteiger partial charge is 0.354 e. The highest BCUT2D eigenvalue weighted by molar-refractivity contribution is 5.23. The fraction of sp³-hybridized carbons (Fsp3) is 0.692. The molecule has 0 aromatic carbocycles. The van der Waals surface area contributed by atoms with Gasteiger partial charge in [0.1, 0.15) is 0 Å². The molecule has 2 heteroatoms. The van der Waals surface area contributed by atoms with Gasteiger partial charge in [0.15, 0.2) is 0 Å². The van der Waals surface area contributed by atoms with E-state index in [1.54, 1.807) is 0 Å². The number of piperidine rings is 1. The quantitative estimate of drug-likeness (QED) is 0.681. The average Bonchev–Trinajstić information content (AvgIpc) is 2.79. The lowest BCUT2D eigenvalue weighted by Crippen LogP contribution is -2.35. The van der Waals surface area contributed by atoms with E-state index in [1.807, 2.05) is 0 Å². The summed E-state index contributed by atoms with van der Waals surface area (Å²) in [6, 6.07) is 5.19. The van der Waals surface area contributed by atoms with Crippen molar-refractivity contribution >= 4 is 0 Å². The van der Waals surface area contributed by atoms with Gasteiger partial charge in [0.05, 0.1) is 0 Å². The summed E-state index contributed by atoms with van der Waals surface area (Å²) in [5, 5.41) is 0. The van der Waals surface area contributed by atoms with Crippen LogP contribution in [0.5, 0.6) is 0 Å². The number of hydrogen-bond donors (Lipinski definition) is 0. The van der Waals surface area contributed by atoms with E-state index in [0.717, 1.165) is 12.0 Å². The van der Waals surface area contributed by atoms with Gasteiger partial charge in [0.25, 0.3) is 0 Å². The van der Waals surface area contributed by atoms with E-state index in [-0.39, 0.29) is 0 Å². The topological polar surface area (TPSA) is 8.17 Å². The van der Waals surface area contributed by atoms with Crippen molar-refractivity contribution in [3.63, 3.8) is 0 Å². The van der Waals surface area contributed by atoms with Crippen LogP contribution in [0.4, 0.5) is 0 Å². The third kappa shape index (κ3) is 1.14. The van der Waals surface area contributed by atoms with Crippen LogP contribution in [0.25, 0.3) is 0 Å². The molecule has 82 valence electrons. The number of aryl methyl sites for hydroxylation is 1. The maximum Gasteiger partial charge on any atom is 0.0224 e. The Morgan fingerprint density at radius 2 is 2.27 bits per heavy atom. The molecule has 3 heterocycles. The number of hydrogen-bond acceptors (Lipinski definition) is 1. The lowest BCUT2D eigenvalue weighted by Gasteiger charge is -2.35. The summed E-state index contributed by atoms with van der Waals surface area (Å²) in [6.07, 6.45) is 3.54. The summed E-state index contributed by atoms with van der Waals surface area (Å²) in [6.45, 7) is 7.46. The van der Waals surface area contributed by atoms with Gasteiger partial charge < -0.3 is 4.57 Å². The monoisotopic (exact) mass is 204 g/mol. The van der Waals surface area contributed by atoms with Crippen molar-refractivity contribution in [1.29, 1.82) is 0 Å². The minimum atomic E-state index is 0.519. The first-order valence-corrected chi connectivity index (χ1v) is 5.97. The second kappa shape index (κ2) is 2.88. The number of nitrogens with zero attached hydrogens (tertiary/aromatic N) is 2. The van der Waals surface area contributed by atoms with Crippen LogP contribution in [0.1, 0.15) is 31.9 Å². The third-order valence-corrected chi connectivity index (χ3v) is 4.65. The molecule has 0 aliphatic carbocycles. The van der Waals surface area contributed by atoms with E-state index in [1.165, 1.54) is 25.2 Å². The number of aromatic nitrogens is 1. The summed E-state index contributed by atoms with van der Waals surface area (Å²) >= 11 is 0. The van der Waals surface area contributed by atoms with Crippen molar-refractivity contribution in [3.05, 3.63) is 24.0 Å². The van der Waals surface area contributed by atoms with Gasteiger partial charge in [0.2, 0.25) is 0 Å². The highest BCUT2D eigenvalue weighted by Gasteiger charge is 2.53. The van der Waals surface area contributed by atoms with Gasteiger partial charge in [-0.05, 0) is 37.4 Å². The highest BCUT2D eigenvalue weighted by Crippen LogP contribution is 2.53. The standard InChI is InChI=1S/C13H20N2/c1-10-12(11-5-4-7-14(11)3)13(2)6-8-15(10)9-13/h4-5,7,10,12H,6,8-9H2,1-3H3. The molecular weight excluding hydrogens is 184 g/mol. The van der Waals surface area contributed by atoms with Gasteiger partial charge in [-0.15, -0.1) is 0 Å². The second-order valence-corrected chi connectivity index (χ2v) is 5.64. The Bertz CT molecular complexity index is 382. The van der Waals surface area contributed by atoms with Crippen LogP contribution >= 0.6 is 0 Å². The van der Waals surface area contributed by atoms with Crippen molar-refractivity contribution in [2.24, 2.45) is 12.5 Å². The Labute approximate surface area is 91.9 Å². The van der Waals surface area contributed by atoms with Crippen LogP contribution in [0.15, 0.2) is 18.3 Å². The van der Waals surface area contributed by atoms with Gasteiger partial charge in [-0.2, -0.15) is 0 Å². The molecule has 4 atom stereocenters. The molecule has 3 rings (SSSR count). The Morgan fingerprint density at radius 1 is 1.47 bits per heavy atom. The Morgan fingerprint density at radius 3 is 2.80 bits per heavy atom. The third-order valence-electron chi connectivity index (χ3n) is 4.65. The highest BCUT2D eigenvalue weighted by atomic mass is 15.2. The smallest absolute Gasteiger partial charge is 0.0224 e. The zero-order valence-electron chi connectivity index (χ0n) is 9.90. The lowest BCUT2D eigenvalue weighted by molar-refractivity contribution is 0.222. The van der Waals surface area contributed by atoms with Crippen molar-refractivity contribution < 1.29 is 0 Å². The molecule has 0 saturated carbocycles. The molecule has 2 aliphatic rings. The summed E-state index contributed by atoms with van der Waals surface area (Å²) in [4.78, 5) is 2.65. The van der Waals surface area contributed by atoms with E-state index in [0.29, 0.717) is 5.41 Å². The molecule has 4 unspecified atom stereocenters. The van der Waals surface area contributed by atoms with Crippen LogP contribution in [0, 0.1) is 5.41 Å². The molecule has 15 heavy (non-hydrogen) atoms. The zero-order valence-corrected chi connectivity index (χ0v) is 9.90. The van der Waals surface area contributed by atoms with Crippen molar-refractivity contribution in [3.8, 4) is 0 Å². The summed E-state index contributed by atoms with van der Waals surface area (Å²) in [5.74, 6) is 0.728. The van der Waals surface area contributed by atoms with Gasteiger partial charge in [-0.1, -0.05) is 6.92 Å². The summed E-state index contributed by atoms with van der Waals surface area (Å²) in [7, 11) is 2.17. The average molecular weight is 204 g/mol. The second-order valence-electron chi connectivity index (χ2n) is 5.64. The Kier molecular flexibility index (Phi) is 1.82. The van der Waals surface area contributed by atoms with Gasteiger partial charge in [0, 0.05) is 37.4 Å². The summed E-state index contributed by atoms with van der Waals surface area (Å²) < 4.78 is 2.30. The summed E-state index contributed by atoms with van der Waals surface area (Å²) in [5.41, 5.74) is 2.04. The molecule has 2 saturated heterocycles. The van der Waals surface area contributed by atoms with Crippen LogP contribution < -0.4 is 0 Å². The van der Waals surface area contributed by atoms with Crippen molar-refractivity contribution in [2.75, 3.05) is 13.1 Å². The molecule has 2 aliphatic heterocycles. The fourth-order valence-electron chi connectivity index (χ4n) is 3.82. The van der Waals surface area contributed by atoms with E-state index in [9.17, 15) is 0 Å².